The number of aromatic nitrogens is 2. The fourth-order valence-corrected chi connectivity index (χ4v) is 2.81. The van der Waals surface area contributed by atoms with E-state index in [0.29, 0.717) is 0 Å². The molecule has 0 saturated heterocycles. The highest BCUT2D eigenvalue weighted by Crippen LogP contribution is 2.35. The summed E-state index contributed by atoms with van der Waals surface area (Å²) in [5.41, 5.74) is -0.422. The Labute approximate surface area is 175 Å². The van der Waals surface area contributed by atoms with Crippen molar-refractivity contribution < 1.29 is 28.3 Å². The van der Waals surface area contributed by atoms with Gasteiger partial charge in [0.15, 0.2) is 5.75 Å². The lowest BCUT2D eigenvalue weighted by Crippen LogP contribution is -2.26. The van der Waals surface area contributed by atoms with Gasteiger partial charge in [-0.3, -0.25) is 10.1 Å². The number of rotatable bonds is 7. The largest absolute Gasteiger partial charge is 0.485 e. The fourth-order valence-electron chi connectivity index (χ4n) is 2.50. The third-order valence-corrected chi connectivity index (χ3v) is 4.42. The topological polar surface area (TPSA) is 140 Å². The zero-order valence-corrected chi connectivity index (χ0v) is 16.4. The number of hydrogen-bond acceptors (Lipinski definition) is 7. The monoisotopic (exact) mass is 483 g/mol. The number of ether oxygens (including phenoxy) is 1. The average molecular weight is 484 g/mol. The van der Waals surface area contributed by atoms with E-state index < -0.39 is 28.3 Å². The lowest BCUT2D eigenvalue weighted by Gasteiger charge is -2.12. The number of halogens is 3. The average Bonchev–Trinajstić information content (AvgIpc) is 2.68. The van der Waals surface area contributed by atoms with E-state index in [1.54, 1.807) is 0 Å². The molecule has 0 aliphatic rings. The Bertz CT molecular complexity index is 1150. The summed E-state index contributed by atoms with van der Waals surface area (Å²) < 4.78 is 33.1. The van der Waals surface area contributed by atoms with E-state index in [9.17, 15) is 23.7 Å². The first kappa shape index (κ1) is 21.1. The summed E-state index contributed by atoms with van der Waals surface area (Å²) >= 11 is 2.88. The lowest BCUT2D eigenvalue weighted by molar-refractivity contribution is -0.385. The number of nitro benzene ring substituents is 1. The molecule has 1 aromatic heterocycles. The molecular weight excluding hydrogens is 472 g/mol. The van der Waals surface area contributed by atoms with Gasteiger partial charge in [0, 0.05) is 18.2 Å². The molecule has 1 amide bonds. The Morgan fingerprint density at radius 2 is 2.00 bits per heavy atom. The van der Waals surface area contributed by atoms with Gasteiger partial charge in [-0.2, -0.15) is 0 Å². The zero-order valence-electron chi connectivity index (χ0n) is 14.9. The van der Waals surface area contributed by atoms with Crippen LogP contribution < -0.4 is 15.4 Å². The zero-order chi connectivity index (χ0) is 21.8. The minimum absolute atomic E-state index is 0.0165. The number of amides is 1. The number of fused-ring (bicyclic) bond motifs is 1. The highest BCUT2D eigenvalue weighted by atomic mass is 79.9. The molecule has 2 aromatic carbocycles. The van der Waals surface area contributed by atoms with Crippen molar-refractivity contribution in [3.8, 4) is 5.75 Å². The van der Waals surface area contributed by atoms with E-state index >= 15 is 0 Å². The van der Waals surface area contributed by atoms with E-state index in [-0.39, 0.29) is 45.8 Å². The number of anilines is 2. The molecule has 0 spiro atoms. The van der Waals surface area contributed by atoms with Crippen LogP contribution >= 0.6 is 15.9 Å². The molecule has 10 nitrogen and oxygen atoms in total. The van der Waals surface area contributed by atoms with Crippen LogP contribution in [0.1, 0.15) is 0 Å². The number of benzene rings is 2. The van der Waals surface area contributed by atoms with E-state index in [2.05, 4.69) is 36.5 Å². The van der Waals surface area contributed by atoms with Crippen LogP contribution in [0.3, 0.4) is 0 Å². The fraction of sp³-hybridized carbons (Fsp3) is 0.118. The number of nitrogens with one attached hydrogen (secondary N) is 2. The Morgan fingerprint density at radius 1 is 1.23 bits per heavy atom. The molecular formula is C17H12BrF2N5O5. The Kier molecular flexibility index (Phi) is 6.20. The van der Waals surface area contributed by atoms with E-state index in [1.807, 2.05) is 0 Å². The minimum Gasteiger partial charge on any atom is -0.485 e. The molecule has 1 heterocycles. The molecule has 0 bridgehead atoms. The smallest absolute Gasteiger partial charge is 0.404 e. The molecule has 0 unspecified atom stereocenters. The molecule has 156 valence electrons. The van der Waals surface area contributed by atoms with Gasteiger partial charge < -0.3 is 20.5 Å². The van der Waals surface area contributed by atoms with Crippen molar-refractivity contribution >= 4 is 50.1 Å². The van der Waals surface area contributed by atoms with Crippen LogP contribution in [0.4, 0.5) is 30.8 Å². The molecule has 0 aliphatic carbocycles. The first-order chi connectivity index (χ1) is 14.3. The molecule has 3 N–H and O–H groups in total. The van der Waals surface area contributed by atoms with Gasteiger partial charge in [0.25, 0.3) is 0 Å². The van der Waals surface area contributed by atoms with Gasteiger partial charge >= 0.3 is 11.8 Å². The molecule has 0 aliphatic heterocycles. The summed E-state index contributed by atoms with van der Waals surface area (Å²) in [6, 6.07) is 4.25. The van der Waals surface area contributed by atoms with Crippen molar-refractivity contribution in [3.05, 3.63) is 56.8 Å². The second-order valence-corrected chi connectivity index (χ2v) is 6.62. The summed E-state index contributed by atoms with van der Waals surface area (Å²) in [7, 11) is 0. The Hall–Kier alpha value is -3.61. The molecule has 0 radical (unpaired) electrons. The number of carbonyl (C=O) groups is 1. The quantitative estimate of drug-likeness (QED) is 0.198. The molecule has 3 rings (SSSR count). The van der Waals surface area contributed by atoms with Crippen LogP contribution in [0.5, 0.6) is 5.75 Å². The SMILES string of the molecule is O=C(O)NCCOc1cc2ncnc(Nc3cc(F)c(Br)cc3F)c2cc1[N+](=O)[O-]. The van der Waals surface area contributed by atoms with Crippen molar-refractivity contribution in [1.29, 1.82) is 0 Å². The predicted molar refractivity (Wildman–Crippen MR) is 105 cm³/mol. The first-order valence-electron chi connectivity index (χ1n) is 8.20. The molecule has 30 heavy (non-hydrogen) atoms. The molecule has 13 heteroatoms. The maximum Gasteiger partial charge on any atom is 0.404 e. The van der Waals surface area contributed by atoms with Crippen LogP contribution in [-0.2, 0) is 0 Å². The van der Waals surface area contributed by atoms with Gasteiger partial charge in [-0.05, 0) is 22.0 Å². The molecule has 3 aromatic rings. The highest BCUT2D eigenvalue weighted by molar-refractivity contribution is 9.10. The van der Waals surface area contributed by atoms with E-state index in [1.165, 1.54) is 6.07 Å². The van der Waals surface area contributed by atoms with Crippen molar-refractivity contribution in [2.45, 2.75) is 0 Å². The summed E-state index contributed by atoms with van der Waals surface area (Å²) in [6.07, 6.45) is -0.119. The summed E-state index contributed by atoms with van der Waals surface area (Å²) in [6.45, 7) is -0.242. The summed E-state index contributed by atoms with van der Waals surface area (Å²) in [4.78, 5) is 29.2. The Balaban J connectivity index is 1.98. The van der Waals surface area contributed by atoms with Crippen LogP contribution in [0, 0.1) is 21.7 Å². The standard InChI is InChI=1S/C17H12BrF2N5O5/c18-9-4-11(20)13(5-10(9)19)24-16-8-3-14(25(28)29)15(6-12(8)22-7-23-16)30-2-1-21-17(26)27/h3-7,21H,1-2H2,(H,26,27)(H,22,23,24). The van der Waals surface area contributed by atoms with Gasteiger partial charge in [0.1, 0.15) is 30.4 Å². The third-order valence-electron chi connectivity index (χ3n) is 3.81. The van der Waals surface area contributed by atoms with Crippen LogP contribution in [0.25, 0.3) is 10.9 Å². The number of hydrogen-bond donors (Lipinski definition) is 3. The predicted octanol–water partition coefficient (Wildman–Crippen LogP) is 3.97. The molecule has 0 atom stereocenters. The third kappa shape index (κ3) is 4.68. The van der Waals surface area contributed by atoms with E-state index in [4.69, 9.17) is 9.84 Å². The number of carboxylic acid groups (broad SMARTS) is 1. The first-order valence-corrected chi connectivity index (χ1v) is 9.00. The van der Waals surface area contributed by atoms with Crippen molar-refractivity contribution in [1.82, 2.24) is 15.3 Å². The van der Waals surface area contributed by atoms with Gasteiger partial charge in [-0.25, -0.2) is 23.5 Å². The highest BCUT2D eigenvalue weighted by Gasteiger charge is 2.20. The lowest BCUT2D eigenvalue weighted by atomic mass is 10.2. The maximum atomic E-state index is 14.1. The van der Waals surface area contributed by atoms with Crippen LogP contribution in [0.15, 0.2) is 35.1 Å². The van der Waals surface area contributed by atoms with Crippen molar-refractivity contribution in [2.75, 3.05) is 18.5 Å². The second-order valence-electron chi connectivity index (χ2n) is 5.77. The number of nitro groups is 1. The van der Waals surface area contributed by atoms with Gasteiger partial charge in [-0.15, -0.1) is 0 Å². The van der Waals surface area contributed by atoms with E-state index in [0.717, 1.165) is 24.5 Å². The summed E-state index contributed by atoms with van der Waals surface area (Å²) in [5.74, 6) is -1.60. The number of nitrogens with zero attached hydrogens (tertiary/aromatic N) is 3. The Morgan fingerprint density at radius 3 is 2.70 bits per heavy atom. The molecule has 0 fully saturated rings. The summed E-state index contributed by atoms with van der Waals surface area (Å²) in [5, 5.41) is 24.8. The van der Waals surface area contributed by atoms with Gasteiger partial charge in [-0.1, -0.05) is 0 Å². The maximum absolute atomic E-state index is 14.1. The van der Waals surface area contributed by atoms with Gasteiger partial charge in [0.05, 0.1) is 32.5 Å². The van der Waals surface area contributed by atoms with Gasteiger partial charge in [0.2, 0.25) is 0 Å². The molecule has 0 saturated carbocycles. The normalized spacial score (nSPS) is 10.6. The van der Waals surface area contributed by atoms with Crippen molar-refractivity contribution in [3.63, 3.8) is 0 Å². The second kappa shape index (κ2) is 8.82. The minimum atomic E-state index is -1.26. The van der Waals surface area contributed by atoms with Crippen LogP contribution in [0.2, 0.25) is 0 Å². The van der Waals surface area contributed by atoms with Crippen LogP contribution in [-0.4, -0.2) is 39.2 Å². The van der Waals surface area contributed by atoms with Crippen molar-refractivity contribution in [2.24, 2.45) is 0 Å².